The number of sulfonamides is 2. The number of unbranched alkanes of at least 4 members (excludes halogenated alkanes) is 5. The second-order valence-electron chi connectivity index (χ2n) is 15.4. The Hall–Kier alpha value is -1.19. The van der Waals surface area contributed by atoms with Crippen molar-refractivity contribution in [3.8, 4) is 0 Å². The predicted molar refractivity (Wildman–Crippen MR) is 215 cm³/mol. The van der Waals surface area contributed by atoms with Gasteiger partial charge in [-0.2, -0.15) is 30.0 Å². The second kappa shape index (κ2) is 29.9. The number of alkyl halides is 3. The maximum atomic E-state index is 12.3. The molecule has 0 spiro atoms. The van der Waals surface area contributed by atoms with Crippen molar-refractivity contribution in [3.05, 3.63) is 29.8 Å². The first-order valence-electron chi connectivity index (χ1n) is 20.3. The van der Waals surface area contributed by atoms with E-state index in [0.717, 1.165) is 81.9 Å². The van der Waals surface area contributed by atoms with E-state index in [9.17, 15) is 39.6 Å². The summed E-state index contributed by atoms with van der Waals surface area (Å²) < 4.78 is 92.8. The molecular formula is C41H75F3NNaO8S2+2. The zero-order chi connectivity index (χ0) is 42.9. The summed E-state index contributed by atoms with van der Waals surface area (Å²) in [5.74, 6) is 0.698. The molecule has 1 rings (SSSR count). The number of primary sulfonamides is 2. The molecule has 0 aliphatic carbocycles. The van der Waals surface area contributed by atoms with Gasteiger partial charge in [0.25, 0.3) is 0 Å². The van der Waals surface area contributed by atoms with Gasteiger partial charge in [-0.25, -0.2) is 0 Å². The fourth-order valence-corrected chi connectivity index (χ4v) is 8.30. The van der Waals surface area contributed by atoms with Gasteiger partial charge in [-0.3, -0.25) is 9.59 Å². The first kappa shape index (κ1) is 59.1. The van der Waals surface area contributed by atoms with Gasteiger partial charge in [0.1, 0.15) is 4.90 Å². The molecule has 0 aliphatic rings. The standard InChI is InChI=1S/C14H20F3NO4S2.C14H28O2.C13H26O2.Na/c1-4-10-13(3,5-2)11-6-8-12(9-7-11)23(19,20)18-24(21,22)14(15,16)17;1-6-10-14(5,7-2)13(15)16-11-8-9-12(3)4;1-4-6-7-8-9-10-11-15-13(14)12(3)5-2;/h6-9,18H,4-5,10H2,1-3H3;12H,6-11H2,1-5H3;12H,4-11H2,1-3H3;/q;;;+1/p+1. The van der Waals surface area contributed by atoms with Gasteiger partial charge in [0.15, 0.2) is 0 Å². The molecule has 1 aromatic rings. The van der Waals surface area contributed by atoms with E-state index in [-0.39, 0.29) is 58.2 Å². The smallest absolute Gasteiger partial charge is 0.465 e. The minimum Gasteiger partial charge on any atom is -0.465 e. The number of halogens is 3. The Morgan fingerprint density at radius 2 is 1.23 bits per heavy atom. The van der Waals surface area contributed by atoms with E-state index in [2.05, 4.69) is 34.6 Å². The minimum atomic E-state index is -5.87. The predicted octanol–water partition coefficient (Wildman–Crippen LogP) is 7.38. The van der Waals surface area contributed by atoms with Crippen LogP contribution in [0, 0.1) is 17.3 Å². The van der Waals surface area contributed by atoms with Crippen molar-refractivity contribution in [1.82, 2.24) is 0 Å². The zero-order valence-corrected chi connectivity index (χ0v) is 40.4. The van der Waals surface area contributed by atoms with Crippen LogP contribution in [0.5, 0.6) is 0 Å². The van der Waals surface area contributed by atoms with Crippen molar-refractivity contribution < 1.29 is 82.8 Å². The number of nitrogens with two attached hydrogens (primary N) is 1. The first-order chi connectivity index (χ1) is 25.5. The van der Waals surface area contributed by atoms with E-state index in [1.54, 1.807) is 0 Å². The molecule has 0 aromatic heterocycles. The molecule has 2 N–H and O–H groups in total. The van der Waals surface area contributed by atoms with Crippen molar-refractivity contribution in [2.45, 2.75) is 188 Å². The number of quaternary nitrogens is 1. The van der Waals surface area contributed by atoms with Crippen molar-refractivity contribution in [3.63, 3.8) is 0 Å². The molecule has 1 aromatic carbocycles. The van der Waals surface area contributed by atoms with Crippen LogP contribution in [0.4, 0.5) is 13.2 Å². The molecule has 0 saturated carbocycles. The van der Waals surface area contributed by atoms with Crippen LogP contribution in [-0.4, -0.2) is 47.5 Å². The molecule has 0 bridgehead atoms. The number of carbonyl (C=O) groups excluding carboxylic acids is 2. The molecule has 9 nitrogen and oxygen atoms in total. The average molecular weight is 854 g/mol. The summed E-state index contributed by atoms with van der Waals surface area (Å²) in [5, 5.41) is 0. The van der Waals surface area contributed by atoms with Crippen LogP contribution in [0.25, 0.3) is 0 Å². The zero-order valence-electron chi connectivity index (χ0n) is 36.8. The van der Waals surface area contributed by atoms with Crippen LogP contribution in [0.1, 0.15) is 178 Å². The van der Waals surface area contributed by atoms with E-state index < -0.39 is 34.6 Å². The summed E-state index contributed by atoms with van der Waals surface area (Å²) in [6, 6.07) is 5.30. The first-order valence-corrected chi connectivity index (χ1v) is 23.4. The summed E-state index contributed by atoms with van der Waals surface area (Å²) in [6.07, 6.45) is 15.8. The summed E-state index contributed by atoms with van der Waals surface area (Å²) in [5.41, 5.74) is -5.25. The molecule has 0 radical (unpaired) electrons. The summed E-state index contributed by atoms with van der Waals surface area (Å²) >= 11 is 0. The quantitative estimate of drug-likeness (QED) is 0.0647. The van der Waals surface area contributed by atoms with Crippen LogP contribution in [0.2, 0.25) is 0 Å². The van der Waals surface area contributed by atoms with Gasteiger partial charge in [-0.05, 0) is 87.3 Å². The molecule has 0 amide bonds. The number of esters is 2. The Bertz CT molecular complexity index is 1420. The Morgan fingerprint density at radius 3 is 1.68 bits per heavy atom. The average Bonchev–Trinajstić information content (AvgIpc) is 3.12. The summed E-state index contributed by atoms with van der Waals surface area (Å²) in [4.78, 5) is 22.7. The van der Waals surface area contributed by atoms with Gasteiger partial charge in [0.2, 0.25) is 0 Å². The third-order valence-electron chi connectivity index (χ3n) is 10.0. The monoisotopic (exact) mass is 853 g/mol. The van der Waals surface area contributed by atoms with E-state index in [1.165, 1.54) is 44.2 Å². The molecular weight excluding hydrogens is 779 g/mol. The third-order valence-corrected chi connectivity index (χ3v) is 13.6. The molecule has 3 unspecified atom stereocenters. The Balaban J connectivity index is -0.000000777. The van der Waals surface area contributed by atoms with Crippen LogP contribution in [-0.2, 0) is 44.5 Å². The molecule has 0 saturated heterocycles. The van der Waals surface area contributed by atoms with E-state index >= 15 is 0 Å². The molecule has 3 atom stereocenters. The number of carbonyl (C=O) groups is 2. The van der Waals surface area contributed by atoms with Gasteiger partial charge in [-0.15, -0.1) is 4.13 Å². The van der Waals surface area contributed by atoms with Gasteiger partial charge in [0.05, 0.1) is 24.5 Å². The van der Waals surface area contributed by atoms with E-state index in [1.807, 2.05) is 41.5 Å². The van der Waals surface area contributed by atoms with Crippen molar-refractivity contribution in [1.29, 1.82) is 0 Å². The van der Waals surface area contributed by atoms with Crippen LogP contribution in [0.3, 0.4) is 0 Å². The Labute approximate surface area is 361 Å². The van der Waals surface area contributed by atoms with E-state index in [4.69, 9.17) is 9.47 Å². The number of rotatable bonds is 24. The summed E-state index contributed by atoms with van der Waals surface area (Å²) in [6.45, 7) is 23.9. The van der Waals surface area contributed by atoms with Crippen LogP contribution < -0.4 is 33.7 Å². The number of benzene rings is 1. The molecule has 0 aliphatic heterocycles. The van der Waals surface area contributed by atoms with Crippen molar-refractivity contribution in [2.75, 3.05) is 13.2 Å². The number of ether oxygens (including phenoxy) is 2. The van der Waals surface area contributed by atoms with Crippen molar-refractivity contribution in [2.24, 2.45) is 17.3 Å². The fourth-order valence-electron chi connectivity index (χ4n) is 5.57. The number of hydrogen-bond donors (Lipinski definition) is 1. The molecule has 0 heterocycles. The van der Waals surface area contributed by atoms with Crippen LogP contribution >= 0.6 is 0 Å². The Morgan fingerprint density at radius 1 is 0.714 bits per heavy atom. The van der Waals surface area contributed by atoms with Gasteiger partial charge >= 0.3 is 67.1 Å². The van der Waals surface area contributed by atoms with E-state index in [0.29, 0.717) is 19.1 Å². The maximum Gasteiger partial charge on any atom is 1.00 e. The van der Waals surface area contributed by atoms with Crippen molar-refractivity contribution >= 4 is 32.0 Å². The third kappa shape index (κ3) is 23.4. The normalized spacial score (nSPS) is 14.4. The topological polar surface area (TPSA) is 137 Å². The van der Waals surface area contributed by atoms with Gasteiger partial charge in [0, 0.05) is 0 Å². The van der Waals surface area contributed by atoms with Crippen LogP contribution in [0.15, 0.2) is 29.2 Å². The molecule has 15 heteroatoms. The number of hydrogen-bond acceptors (Lipinski definition) is 8. The SMILES string of the molecule is CCCC(C)(CC)C(=O)OCCCC(C)C.CCCC(C)(CC)c1ccc(S(=O)(=O)[NH2+]S(=O)(=O)C(F)(F)F)cc1.CCCCCCCCOC(=O)C(C)CC.[Na+]. The second-order valence-corrected chi connectivity index (χ2v) is 19.3. The molecule has 56 heavy (non-hydrogen) atoms. The Kier molecular flexibility index (Phi) is 31.6. The molecule has 0 fully saturated rings. The molecule has 324 valence electrons. The maximum absolute atomic E-state index is 12.3. The van der Waals surface area contributed by atoms with Gasteiger partial charge in [-0.1, -0.05) is 126 Å². The summed E-state index contributed by atoms with van der Waals surface area (Å²) in [7, 11) is -10.6. The minimum absolute atomic E-state index is 0. The fraction of sp³-hybridized carbons (Fsp3) is 0.805. The van der Waals surface area contributed by atoms with Gasteiger partial charge < -0.3 is 9.47 Å². The largest absolute Gasteiger partial charge is 1.00 e.